The number of rotatable bonds is 8. The van der Waals surface area contributed by atoms with Gasteiger partial charge < -0.3 is 19.3 Å². The molecule has 1 amide bonds. The summed E-state index contributed by atoms with van der Waals surface area (Å²) < 4.78 is 11.2. The first-order chi connectivity index (χ1) is 14.2. The minimum atomic E-state index is 0.000805. The summed E-state index contributed by atoms with van der Waals surface area (Å²) >= 11 is 0. The zero-order valence-electron chi connectivity index (χ0n) is 17.1. The molecule has 1 fully saturated rings. The van der Waals surface area contributed by atoms with Crippen LogP contribution in [0.25, 0.3) is 6.08 Å². The summed E-state index contributed by atoms with van der Waals surface area (Å²) in [5.41, 5.74) is 0.898. The summed E-state index contributed by atoms with van der Waals surface area (Å²) in [5, 5.41) is 0. The fourth-order valence-corrected chi connectivity index (χ4v) is 3.09. The molecule has 29 heavy (non-hydrogen) atoms. The maximum absolute atomic E-state index is 12.5. The number of anilines is 1. The molecule has 2 heterocycles. The van der Waals surface area contributed by atoms with Gasteiger partial charge in [0.2, 0.25) is 11.9 Å². The third-order valence-electron chi connectivity index (χ3n) is 4.79. The Bertz CT molecular complexity index is 818. The quantitative estimate of drug-likeness (QED) is 0.505. The Morgan fingerprint density at radius 2 is 1.90 bits per heavy atom. The number of aromatic nitrogens is 2. The topological polar surface area (TPSA) is 67.8 Å². The molecule has 1 aromatic carbocycles. The van der Waals surface area contributed by atoms with Crippen molar-refractivity contribution in [3.63, 3.8) is 0 Å². The van der Waals surface area contributed by atoms with Gasteiger partial charge in [0.25, 0.3) is 0 Å². The highest BCUT2D eigenvalue weighted by molar-refractivity contribution is 5.92. The first kappa shape index (κ1) is 20.6. The maximum Gasteiger partial charge on any atom is 0.246 e. The monoisotopic (exact) mass is 396 g/mol. The molecule has 154 valence electrons. The molecule has 7 heteroatoms. The lowest BCUT2D eigenvalue weighted by Gasteiger charge is -2.34. The Kier molecular flexibility index (Phi) is 7.44. The maximum atomic E-state index is 12.5. The second-order valence-corrected chi connectivity index (χ2v) is 6.81. The number of unbranched alkanes of at least 4 members (excludes halogenated alkanes) is 1. The van der Waals surface area contributed by atoms with Crippen molar-refractivity contribution in [1.82, 2.24) is 14.9 Å². The fourth-order valence-electron chi connectivity index (χ4n) is 3.09. The van der Waals surface area contributed by atoms with Crippen LogP contribution in [-0.2, 0) is 4.79 Å². The zero-order chi connectivity index (χ0) is 20.5. The van der Waals surface area contributed by atoms with E-state index in [-0.39, 0.29) is 5.91 Å². The van der Waals surface area contributed by atoms with Crippen LogP contribution in [0.1, 0.15) is 25.3 Å². The first-order valence-corrected chi connectivity index (χ1v) is 10.0. The van der Waals surface area contributed by atoms with Crippen molar-refractivity contribution >= 4 is 17.9 Å². The van der Waals surface area contributed by atoms with Crippen molar-refractivity contribution in [2.75, 3.05) is 44.8 Å². The number of ether oxygens (including phenoxy) is 2. The van der Waals surface area contributed by atoms with E-state index in [1.165, 1.54) is 0 Å². The fraction of sp³-hybridized carbons (Fsp3) is 0.409. The van der Waals surface area contributed by atoms with Crippen LogP contribution in [0.4, 0.5) is 5.95 Å². The van der Waals surface area contributed by atoms with E-state index in [9.17, 15) is 4.79 Å². The van der Waals surface area contributed by atoms with Gasteiger partial charge in [0, 0.05) is 44.6 Å². The molecule has 0 atom stereocenters. The first-order valence-electron chi connectivity index (χ1n) is 10.0. The lowest BCUT2D eigenvalue weighted by Crippen LogP contribution is -2.48. The van der Waals surface area contributed by atoms with E-state index < -0.39 is 0 Å². The predicted octanol–water partition coefficient (Wildman–Crippen LogP) is 3.03. The van der Waals surface area contributed by atoms with E-state index in [1.807, 2.05) is 29.2 Å². The lowest BCUT2D eigenvalue weighted by atomic mass is 10.2. The molecule has 1 saturated heterocycles. The summed E-state index contributed by atoms with van der Waals surface area (Å²) in [6, 6.07) is 7.50. The highest BCUT2D eigenvalue weighted by Crippen LogP contribution is 2.28. The second-order valence-electron chi connectivity index (χ2n) is 6.81. The average Bonchev–Trinajstić information content (AvgIpc) is 2.79. The Labute approximate surface area is 172 Å². The van der Waals surface area contributed by atoms with Crippen LogP contribution in [0, 0.1) is 0 Å². The van der Waals surface area contributed by atoms with Gasteiger partial charge in [-0.15, -0.1) is 0 Å². The molecule has 1 aliphatic heterocycles. The zero-order valence-corrected chi connectivity index (χ0v) is 17.1. The minimum absolute atomic E-state index is 0.000805. The third-order valence-corrected chi connectivity index (χ3v) is 4.79. The number of hydrogen-bond donors (Lipinski definition) is 0. The number of amides is 1. The van der Waals surface area contributed by atoms with Crippen molar-refractivity contribution in [3.05, 3.63) is 48.3 Å². The van der Waals surface area contributed by atoms with Crippen molar-refractivity contribution in [2.45, 2.75) is 19.8 Å². The smallest absolute Gasteiger partial charge is 0.246 e. The number of carbonyl (C=O) groups is 1. The van der Waals surface area contributed by atoms with Crippen molar-refractivity contribution in [3.8, 4) is 11.5 Å². The van der Waals surface area contributed by atoms with E-state index in [2.05, 4.69) is 21.8 Å². The van der Waals surface area contributed by atoms with E-state index >= 15 is 0 Å². The van der Waals surface area contributed by atoms with Crippen LogP contribution in [-0.4, -0.2) is 60.7 Å². The van der Waals surface area contributed by atoms with Crippen LogP contribution in [0.15, 0.2) is 42.7 Å². The van der Waals surface area contributed by atoms with Crippen molar-refractivity contribution in [1.29, 1.82) is 0 Å². The van der Waals surface area contributed by atoms with Crippen LogP contribution in [0.2, 0.25) is 0 Å². The summed E-state index contributed by atoms with van der Waals surface area (Å²) in [5.74, 6) is 2.11. The van der Waals surface area contributed by atoms with Gasteiger partial charge >= 0.3 is 0 Å². The van der Waals surface area contributed by atoms with Gasteiger partial charge in [0.05, 0.1) is 13.7 Å². The Balaban J connectivity index is 1.55. The predicted molar refractivity (Wildman–Crippen MR) is 113 cm³/mol. The third kappa shape index (κ3) is 5.70. The van der Waals surface area contributed by atoms with Gasteiger partial charge in [-0.2, -0.15) is 0 Å². The van der Waals surface area contributed by atoms with Crippen molar-refractivity contribution < 1.29 is 14.3 Å². The molecular formula is C22H28N4O3. The molecule has 2 aromatic rings. The number of nitrogens with zero attached hydrogens (tertiary/aromatic N) is 4. The van der Waals surface area contributed by atoms with E-state index in [1.54, 1.807) is 31.6 Å². The second kappa shape index (κ2) is 10.5. The van der Waals surface area contributed by atoms with Gasteiger partial charge in [-0.05, 0) is 36.3 Å². The van der Waals surface area contributed by atoms with Gasteiger partial charge in [-0.1, -0.05) is 19.4 Å². The normalized spacial score (nSPS) is 14.3. The van der Waals surface area contributed by atoms with Crippen LogP contribution >= 0.6 is 0 Å². The summed E-state index contributed by atoms with van der Waals surface area (Å²) in [7, 11) is 1.62. The Morgan fingerprint density at radius 3 is 2.59 bits per heavy atom. The summed E-state index contributed by atoms with van der Waals surface area (Å²) in [4.78, 5) is 25.0. The molecule has 0 radical (unpaired) electrons. The molecule has 0 unspecified atom stereocenters. The van der Waals surface area contributed by atoms with Crippen LogP contribution < -0.4 is 14.4 Å². The Morgan fingerprint density at radius 1 is 1.14 bits per heavy atom. The molecule has 7 nitrogen and oxygen atoms in total. The number of benzene rings is 1. The van der Waals surface area contributed by atoms with Crippen LogP contribution in [0.3, 0.4) is 0 Å². The number of methoxy groups -OCH3 is 1. The van der Waals surface area contributed by atoms with Gasteiger partial charge in [0.1, 0.15) is 0 Å². The SMILES string of the molecule is CCCCOc1ccc(/C=C/C(=O)N2CCN(c3ncccn3)CC2)cc1OC. The average molecular weight is 396 g/mol. The molecule has 3 rings (SSSR count). The molecule has 0 spiro atoms. The van der Waals surface area contributed by atoms with Gasteiger partial charge in [-0.25, -0.2) is 9.97 Å². The standard InChI is InChI=1S/C22H28N4O3/c1-3-4-16-29-19-8-6-18(17-20(19)28-2)7-9-21(27)25-12-14-26(15-13-25)22-23-10-5-11-24-22/h5-11,17H,3-4,12-16H2,1-2H3/b9-7+. The lowest BCUT2D eigenvalue weighted by molar-refractivity contribution is -0.126. The minimum Gasteiger partial charge on any atom is -0.493 e. The van der Waals surface area contributed by atoms with E-state index in [0.29, 0.717) is 31.4 Å². The molecule has 0 saturated carbocycles. The van der Waals surface area contributed by atoms with Gasteiger partial charge in [0.15, 0.2) is 11.5 Å². The number of hydrogen-bond acceptors (Lipinski definition) is 6. The summed E-state index contributed by atoms with van der Waals surface area (Å²) in [6.45, 7) is 5.54. The highest BCUT2D eigenvalue weighted by Gasteiger charge is 2.21. The molecule has 1 aromatic heterocycles. The molecule has 0 bridgehead atoms. The van der Waals surface area contributed by atoms with E-state index in [4.69, 9.17) is 9.47 Å². The van der Waals surface area contributed by atoms with E-state index in [0.717, 1.165) is 37.2 Å². The largest absolute Gasteiger partial charge is 0.493 e. The number of carbonyl (C=O) groups excluding carboxylic acids is 1. The van der Waals surface area contributed by atoms with Crippen molar-refractivity contribution in [2.24, 2.45) is 0 Å². The molecule has 0 aliphatic carbocycles. The number of piperazine rings is 1. The van der Waals surface area contributed by atoms with Gasteiger partial charge in [-0.3, -0.25) is 4.79 Å². The highest BCUT2D eigenvalue weighted by atomic mass is 16.5. The summed E-state index contributed by atoms with van der Waals surface area (Å²) in [6.07, 6.45) is 8.98. The molecule has 1 aliphatic rings. The molecule has 0 N–H and O–H groups in total. The Hall–Kier alpha value is -3.09. The van der Waals surface area contributed by atoms with Crippen LogP contribution in [0.5, 0.6) is 11.5 Å². The molecular weight excluding hydrogens is 368 g/mol.